The van der Waals surface area contributed by atoms with E-state index in [0.717, 1.165) is 25.4 Å². The lowest BCUT2D eigenvalue weighted by Crippen LogP contribution is -3.12. The first-order valence-corrected chi connectivity index (χ1v) is 6.04. The number of ether oxygens (including phenoxy) is 1. The molecule has 1 saturated heterocycles. The Balaban J connectivity index is 2.30. The topological polar surface area (TPSA) is 36.7 Å². The Morgan fingerprint density at radius 3 is 2.67 bits per heavy atom. The van der Waals surface area contributed by atoms with Crippen LogP contribution in [-0.2, 0) is 4.74 Å². The highest BCUT2D eigenvalue weighted by Crippen LogP contribution is 2.26. The van der Waals surface area contributed by atoms with Crippen molar-refractivity contribution in [3.8, 4) is 0 Å². The molecule has 1 heterocycles. The van der Waals surface area contributed by atoms with Crippen LogP contribution in [0.4, 0.5) is 0 Å². The van der Waals surface area contributed by atoms with Crippen molar-refractivity contribution in [1.29, 1.82) is 0 Å². The van der Waals surface area contributed by atoms with Gasteiger partial charge >= 0.3 is 0 Å². The molecule has 1 N–H and O–H groups in total. The summed E-state index contributed by atoms with van der Waals surface area (Å²) in [5.41, 5.74) is -0.137. The summed E-state index contributed by atoms with van der Waals surface area (Å²) >= 11 is 0. The predicted molar refractivity (Wildman–Crippen MR) is 61.7 cm³/mol. The quantitative estimate of drug-likeness (QED) is 0.719. The number of hydroxylamine groups is 2. The Bertz CT molecular complexity index is 192. The highest BCUT2D eigenvalue weighted by Gasteiger charge is 2.26. The van der Waals surface area contributed by atoms with Crippen LogP contribution in [0.5, 0.6) is 0 Å². The van der Waals surface area contributed by atoms with Gasteiger partial charge in [0.1, 0.15) is 0 Å². The third-order valence-corrected chi connectivity index (χ3v) is 3.72. The molecule has 0 saturated carbocycles. The lowest BCUT2D eigenvalue weighted by molar-refractivity contribution is -0.881. The summed E-state index contributed by atoms with van der Waals surface area (Å²) in [5.74, 6) is 0.757. The molecule has 0 aromatic rings. The molecule has 3 atom stereocenters. The van der Waals surface area contributed by atoms with Crippen LogP contribution in [0.25, 0.3) is 0 Å². The molecular weight excluding hydrogens is 190 g/mol. The first kappa shape index (κ1) is 12.9. The highest BCUT2D eigenvalue weighted by molar-refractivity contribution is 4.73. The molecule has 3 nitrogen and oxygen atoms in total. The molecule has 1 rings (SSSR count). The second-order valence-electron chi connectivity index (χ2n) is 5.55. The predicted octanol–water partition coefficient (Wildman–Crippen LogP) is 1.37. The van der Waals surface area contributed by atoms with Crippen LogP contribution < -0.4 is 5.06 Å². The fourth-order valence-corrected chi connectivity index (χ4v) is 2.09. The molecule has 1 fully saturated rings. The van der Waals surface area contributed by atoms with E-state index in [1.165, 1.54) is 12.8 Å². The van der Waals surface area contributed by atoms with Crippen molar-refractivity contribution in [2.45, 2.75) is 58.1 Å². The summed E-state index contributed by atoms with van der Waals surface area (Å²) in [6.45, 7) is 7.14. The lowest BCUT2D eigenvalue weighted by Gasteiger charge is -2.37. The van der Waals surface area contributed by atoms with E-state index in [1.807, 2.05) is 0 Å². The van der Waals surface area contributed by atoms with Crippen LogP contribution in [0.2, 0.25) is 0 Å². The maximum Gasteiger partial charge on any atom is 0.0915 e. The summed E-state index contributed by atoms with van der Waals surface area (Å²) in [5, 5.41) is 11.7. The normalized spacial score (nSPS) is 30.2. The summed E-state index contributed by atoms with van der Waals surface area (Å²) in [6.07, 6.45) is 4.91. The minimum absolute atomic E-state index is 0.137. The van der Waals surface area contributed by atoms with E-state index in [1.54, 1.807) is 7.05 Å². The number of quaternary nitrogens is 1. The molecule has 1 aliphatic rings. The molecule has 0 aliphatic carbocycles. The monoisotopic (exact) mass is 215 g/mol. The number of nitrogens with one attached hydrogen (secondary N) is 1. The Kier molecular flexibility index (Phi) is 4.56. The van der Waals surface area contributed by atoms with Gasteiger partial charge in [0.2, 0.25) is 0 Å². The van der Waals surface area contributed by atoms with Crippen molar-refractivity contribution in [2.75, 3.05) is 13.7 Å². The van der Waals surface area contributed by atoms with Crippen LogP contribution in [0.3, 0.4) is 0 Å². The second kappa shape index (κ2) is 5.28. The largest absolute Gasteiger partial charge is 0.634 e. The lowest BCUT2D eigenvalue weighted by atomic mass is 9.86. The van der Waals surface area contributed by atoms with Crippen LogP contribution in [-0.4, -0.2) is 25.3 Å². The minimum Gasteiger partial charge on any atom is -0.634 e. The molecule has 1 aliphatic heterocycles. The SMILES string of the molecule is CC1CC(CCC(C)(C)[NH+](C)[O-])CCO1. The van der Waals surface area contributed by atoms with E-state index in [2.05, 4.69) is 20.8 Å². The van der Waals surface area contributed by atoms with Gasteiger partial charge in [-0.25, -0.2) is 0 Å². The number of hydrogen-bond acceptors (Lipinski definition) is 2. The Labute approximate surface area is 93.4 Å². The molecule has 0 aromatic heterocycles. The summed E-state index contributed by atoms with van der Waals surface area (Å²) in [4.78, 5) is 0. The van der Waals surface area contributed by atoms with E-state index in [-0.39, 0.29) is 5.54 Å². The van der Waals surface area contributed by atoms with E-state index < -0.39 is 0 Å². The van der Waals surface area contributed by atoms with Crippen LogP contribution in [0.1, 0.15) is 46.5 Å². The molecule has 15 heavy (non-hydrogen) atoms. The van der Waals surface area contributed by atoms with Gasteiger partial charge in [-0.05, 0) is 46.0 Å². The van der Waals surface area contributed by atoms with Gasteiger partial charge < -0.3 is 15.0 Å². The van der Waals surface area contributed by atoms with Gasteiger partial charge in [0.15, 0.2) is 0 Å². The highest BCUT2D eigenvalue weighted by atomic mass is 16.5. The maximum absolute atomic E-state index is 11.4. The van der Waals surface area contributed by atoms with E-state index in [9.17, 15) is 5.21 Å². The molecule has 3 heteroatoms. The summed E-state index contributed by atoms with van der Waals surface area (Å²) in [6, 6.07) is 0. The van der Waals surface area contributed by atoms with Crippen LogP contribution >= 0.6 is 0 Å². The second-order valence-corrected chi connectivity index (χ2v) is 5.55. The van der Waals surface area contributed by atoms with Crippen molar-refractivity contribution in [1.82, 2.24) is 0 Å². The third kappa shape index (κ3) is 4.09. The van der Waals surface area contributed by atoms with Gasteiger partial charge in [-0.3, -0.25) is 0 Å². The maximum atomic E-state index is 11.4. The van der Waals surface area contributed by atoms with Gasteiger partial charge in [-0.15, -0.1) is 0 Å². The van der Waals surface area contributed by atoms with Crippen molar-refractivity contribution < 1.29 is 9.80 Å². The number of hydrogen-bond donors (Lipinski definition) is 1. The zero-order chi connectivity index (χ0) is 11.5. The smallest absolute Gasteiger partial charge is 0.0915 e. The molecule has 3 unspecified atom stereocenters. The molecule has 0 spiro atoms. The first-order valence-electron chi connectivity index (χ1n) is 6.04. The fraction of sp³-hybridized carbons (Fsp3) is 1.00. The fourth-order valence-electron chi connectivity index (χ4n) is 2.09. The Morgan fingerprint density at radius 2 is 2.13 bits per heavy atom. The van der Waals surface area contributed by atoms with Gasteiger partial charge in [0.05, 0.1) is 18.7 Å². The van der Waals surface area contributed by atoms with Crippen LogP contribution in [0, 0.1) is 11.1 Å². The van der Waals surface area contributed by atoms with E-state index >= 15 is 0 Å². The van der Waals surface area contributed by atoms with Crippen molar-refractivity contribution in [3.63, 3.8) is 0 Å². The third-order valence-electron chi connectivity index (χ3n) is 3.72. The van der Waals surface area contributed by atoms with Gasteiger partial charge in [-0.2, -0.15) is 0 Å². The van der Waals surface area contributed by atoms with Gasteiger partial charge in [0.25, 0.3) is 0 Å². The van der Waals surface area contributed by atoms with Crippen molar-refractivity contribution >= 4 is 0 Å². The van der Waals surface area contributed by atoms with Crippen molar-refractivity contribution in [2.24, 2.45) is 5.92 Å². The zero-order valence-corrected chi connectivity index (χ0v) is 10.5. The van der Waals surface area contributed by atoms with Gasteiger partial charge in [0, 0.05) is 13.0 Å². The zero-order valence-electron chi connectivity index (χ0n) is 10.5. The standard InChI is InChI=1S/C12H25NO2/c1-10-9-11(6-8-15-10)5-7-12(2,3)13(4)14/h10-11,13H,5-9H2,1-4H3. The Morgan fingerprint density at radius 1 is 1.47 bits per heavy atom. The number of rotatable bonds is 4. The van der Waals surface area contributed by atoms with E-state index in [0.29, 0.717) is 11.2 Å². The van der Waals surface area contributed by atoms with Crippen molar-refractivity contribution in [3.05, 3.63) is 5.21 Å². The molecular formula is C12H25NO2. The van der Waals surface area contributed by atoms with E-state index in [4.69, 9.17) is 4.74 Å². The Hall–Kier alpha value is -0.120. The molecule has 0 aromatic carbocycles. The van der Waals surface area contributed by atoms with Gasteiger partial charge in [-0.1, -0.05) is 0 Å². The summed E-state index contributed by atoms with van der Waals surface area (Å²) in [7, 11) is 1.70. The average Bonchev–Trinajstić information content (AvgIpc) is 2.15. The summed E-state index contributed by atoms with van der Waals surface area (Å²) < 4.78 is 5.52. The molecule has 0 bridgehead atoms. The average molecular weight is 215 g/mol. The minimum atomic E-state index is -0.137. The van der Waals surface area contributed by atoms with Crippen LogP contribution in [0.15, 0.2) is 0 Å². The molecule has 90 valence electrons. The first-order chi connectivity index (χ1) is 6.92. The molecule has 0 radical (unpaired) electrons. The molecule has 0 amide bonds.